The SMILES string of the molecule is C#CCCc1nn(CCC2CCCCC2)c(=O)n1Cc1ccc(-c2ccccc2-c2nnn[nH]2)cc1. The maximum Gasteiger partial charge on any atom is 0.346 e. The van der Waals surface area contributed by atoms with Crippen LogP contribution in [-0.4, -0.2) is 35.0 Å². The Morgan fingerprint density at radius 3 is 2.53 bits per heavy atom. The number of hydrogen-bond acceptors (Lipinski definition) is 5. The Hall–Kier alpha value is -3.99. The van der Waals surface area contributed by atoms with E-state index in [1.807, 2.05) is 24.3 Å². The van der Waals surface area contributed by atoms with Gasteiger partial charge in [0, 0.05) is 24.9 Å². The average molecular weight is 482 g/mol. The van der Waals surface area contributed by atoms with Crippen LogP contribution in [-0.2, 0) is 19.5 Å². The van der Waals surface area contributed by atoms with Gasteiger partial charge in [-0.15, -0.1) is 17.4 Å². The van der Waals surface area contributed by atoms with Crippen LogP contribution >= 0.6 is 0 Å². The van der Waals surface area contributed by atoms with Crippen LogP contribution in [0.1, 0.15) is 56.3 Å². The Morgan fingerprint density at radius 2 is 1.81 bits per heavy atom. The Labute approximate surface area is 210 Å². The molecule has 0 radical (unpaired) electrons. The highest BCUT2D eigenvalue weighted by Crippen LogP contribution is 2.30. The molecule has 1 aliphatic carbocycles. The Bertz CT molecular complexity index is 1370. The molecule has 36 heavy (non-hydrogen) atoms. The smallest absolute Gasteiger partial charge is 0.274 e. The van der Waals surface area contributed by atoms with E-state index in [2.05, 4.69) is 55.9 Å². The standard InChI is InChI=1S/C28H31N7O/c1-2-3-13-26-31-35(19-18-21-9-5-4-6-10-21)28(36)34(26)20-22-14-16-23(17-15-22)24-11-7-8-12-25(24)27-29-32-33-30-27/h1,7-8,11-12,14-17,21H,3-6,9-10,13,18-20H2,(H,29,30,32,33). The molecule has 0 spiro atoms. The number of nitrogens with zero attached hydrogens (tertiary/aromatic N) is 6. The molecule has 184 valence electrons. The van der Waals surface area contributed by atoms with Crippen LogP contribution in [0, 0.1) is 18.3 Å². The summed E-state index contributed by atoms with van der Waals surface area (Å²) in [6.45, 7) is 1.14. The Kier molecular flexibility index (Phi) is 7.36. The van der Waals surface area contributed by atoms with Gasteiger partial charge in [0.25, 0.3) is 0 Å². The zero-order valence-corrected chi connectivity index (χ0v) is 20.4. The summed E-state index contributed by atoms with van der Waals surface area (Å²) >= 11 is 0. The van der Waals surface area contributed by atoms with E-state index in [9.17, 15) is 4.79 Å². The molecule has 0 bridgehead atoms. The van der Waals surface area contributed by atoms with E-state index in [-0.39, 0.29) is 5.69 Å². The highest BCUT2D eigenvalue weighted by molar-refractivity contribution is 5.80. The first kappa shape index (κ1) is 23.7. The van der Waals surface area contributed by atoms with Gasteiger partial charge in [-0.2, -0.15) is 5.10 Å². The van der Waals surface area contributed by atoms with Gasteiger partial charge < -0.3 is 0 Å². The highest BCUT2D eigenvalue weighted by Gasteiger charge is 2.17. The van der Waals surface area contributed by atoms with Crippen LogP contribution in [0.25, 0.3) is 22.5 Å². The number of aryl methyl sites for hydroxylation is 2. The predicted molar refractivity (Wildman–Crippen MR) is 139 cm³/mol. The molecule has 1 saturated carbocycles. The van der Waals surface area contributed by atoms with E-state index in [4.69, 9.17) is 6.42 Å². The van der Waals surface area contributed by atoms with E-state index in [0.717, 1.165) is 34.5 Å². The normalized spacial score (nSPS) is 14.1. The molecule has 2 aromatic heterocycles. The zero-order valence-electron chi connectivity index (χ0n) is 20.4. The van der Waals surface area contributed by atoms with Crippen molar-refractivity contribution in [2.75, 3.05) is 0 Å². The predicted octanol–water partition coefficient (Wildman–Crippen LogP) is 4.48. The molecule has 4 aromatic rings. The molecule has 1 aliphatic rings. The van der Waals surface area contributed by atoms with Crippen molar-refractivity contribution in [1.29, 1.82) is 0 Å². The first-order valence-corrected chi connectivity index (χ1v) is 12.8. The van der Waals surface area contributed by atoms with E-state index in [1.165, 1.54) is 32.1 Å². The Balaban J connectivity index is 1.36. The van der Waals surface area contributed by atoms with Crippen molar-refractivity contribution in [2.24, 2.45) is 5.92 Å². The lowest BCUT2D eigenvalue weighted by molar-refractivity contribution is 0.316. The summed E-state index contributed by atoms with van der Waals surface area (Å²) in [5, 5.41) is 19.0. The molecule has 0 unspecified atom stereocenters. The molecule has 2 heterocycles. The molecule has 2 aromatic carbocycles. The third-order valence-electron chi connectivity index (χ3n) is 7.10. The summed E-state index contributed by atoms with van der Waals surface area (Å²) in [6, 6.07) is 16.2. The summed E-state index contributed by atoms with van der Waals surface area (Å²) in [6.07, 6.45) is 14.2. The number of terminal acetylenes is 1. The van der Waals surface area contributed by atoms with E-state index in [0.29, 0.717) is 37.7 Å². The van der Waals surface area contributed by atoms with Gasteiger partial charge in [-0.05, 0) is 39.5 Å². The summed E-state index contributed by atoms with van der Waals surface area (Å²) in [5.41, 5.74) is 4.00. The maximum absolute atomic E-state index is 13.3. The number of tetrazole rings is 1. The molecule has 0 atom stereocenters. The minimum atomic E-state index is -0.0509. The lowest BCUT2D eigenvalue weighted by Gasteiger charge is -2.20. The van der Waals surface area contributed by atoms with Crippen LogP contribution in [0.4, 0.5) is 0 Å². The van der Waals surface area contributed by atoms with Gasteiger partial charge in [0.2, 0.25) is 0 Å². The molecule has 0 saturated heterocycles. The average Bonchev–Trinajstić information content (AvgIpc) is 3.56. The van der Waals surface area contributed by atoms with Gasteiger partial charge >= 0.3 is 5.69 Å². The van der Waals surface area contributed by atoms with Crippen LogP contribution in [0.15, 0.2) is 53.3 Å². The van der Waals surface area contributed by atoms with Gasteiger partial charge in [0.05, 0.1) is 6.54 Å². The number of aromatic nitrogens is 7. The van der Waals surface area contributed by atoms with Crippen molar-refractivity contribution >= 4 is 0 Å². The second kappa shape index (κ2) is 11.2. The van der Waals surface area contributed by atoms with Gasteiger partial charge in [-0.1, -0.05) is 80.6 Å². The minimum Gasteiger partial charge on any atom is -0.274 e. The zero-order chi connectivity index (χ0) is 24.7. The molecule has 0 aliphatic heterocycles. The monoisotopic (exact) mass is 481 g/mol. The first-order chi connectivity index (χ1) is 17.7. The third-order valence-corrected chi connectivity index (χ3v) is 7.10. The summed E-state index contributed by atoms with van der Waals surface area (Å²) in [4.78, 5) is 13.3. The fraction of sp³-hybridized carbons (Fsp3) is 0.393. The van der Waals surface area contributed by atoms with Crippen LogP contribution < -0.4 is 5.69 Å². The van der Waals surface area contributed by atoms with E-state index < -0.39 is 0 Å². The highest BCUT2D eigenvalue weighted by atomic mass is 16.2. The summed E-state index contributed by atoms with van der Waals surface area (Å²) in [7, 11) is 0. The van der Waals surface area contributed by atoms with Gasteiger partial charge in [0.15, 0.2) is 5.82 Å². The second-order valence-electron chi connectivity index (χ2n) is 9.50. The van der Waals surface area contributed by atoms with Gasteiger partial charge in [-0.3, -0.25) is 4.57 Å². The minimum absolute atomic E-state index is 0.0509. The Morgan fingerprint density at radius 1 is 1.03 bits per heavy atom. The fourth-order valence-electron chi connectivity index (χ4n) is 5.13. The molecule has 0 amide bonds. The van der Waals surface area contributed by atoms with Crippen molar-refractivity contribution in [2.45, 2.75) is 64.5 Å². The number of benzene rings is 2. The largest absolute Gasteiger partial charge is 0.346 e. The topological polar surface area (TPSA) is 94.3 Å². The van der Waals surface area contributed by atoms with Crippen LogP contribution in [0.3, 0.4) is 0 Å². The third kappa shape index (κ3) is 5.30. The van der Waals surface area contributed by atoms with Crippen molar-refractivity contribution in [3.8, 4) is 34.9 Å². The van der Waals surface area contributed by atoms with E-state index in [1.54, 1.807) is 9.25 Å². The molecule has 8 heteroatoms. The molecule has 1 N–H and O–H groups in total. The lowest BCUT2D eigenvalue weighted by atomic mass is 9.87. The first-order valence-electron chi connectivity index (χ1n) is 12.8. The molecule has 5 rings (SSSR count). The van der Waals surface area contributed by atoms with Gasteiger partial charge in [-0.25, -0.2) is 14.6 Å². The lowest BCUT2D eigenvalue weighted by Crippen LogP contribution is -2.27. The second-order valence-corrected chi connectivity index (χ2v) is 9.50. The number of nitrogens with one attached hydrogen (secondary N) is 1. The van der Waals surface area contributed by atoms with Crippen LogP contribution in [0.2, 0.25) is 0 Å². The summed E-state index contributed by atoms with van der Waals surface area (Å²) in [5.74, 6) is 4.77. The molecular formula is C28H31N7O. The maximum atomic E-state index is 13.3. The quantitative estimate of drug-likeness (QED) is 0.356. The number of rotatable bonds is 9. The van der Waals surface area contributed by atoms with Crippen molar-refractivity contribution in [1.82, 2.24) is 35.0 Å². The summed E-state index contributed by atoms with van der Waals surface area (Å²) < 4.78 is 3.43. The van der Waals surface area contributed by atoms with E-state index >= 15 is 0 Å². The van der Waals surface area contributed by atoms with Crippen LogP contribution in [0.5, 0.6) is 0 Å². The molecule has 8 nitrogen and oxygen atoms in total. The number of hydrogen-bond donors (Lipinski definition) is 1. The number of H-pyrrole nitrogens is 1. The van der Waals surface area contributed by atoms with Crippen molar-refractivity contribution in [3.05, 3.63) is 70.4 Å². The van der Waals surface area contributed by atoms with Crippen molar-refractivity contribution < 1.29 is 0 Å². The molecular weight excluding hydrogens is 450 g/mol. The number of aromatic amines is 1. The van der Waals surface area contributed by atoms with Gasteiger partial charge in [0.1, 0.15) is 5.82 Å². The fourth-order valence-corrected chi connectivity index (χ4v) is 5.13. The molecule has 1 fully saturated rings. The van der Waals surface area contributed by atoms with Crippen molar-refractivity contribution in [3.63, 3.8) is 0 Å².